The Balaban J connectivity index is 1.77. The zero-order valence-corrected chi connectivity index (χ0v) is 14.2. The molecular formula is C16H20N2O5S. The van der Waals surface area contributed by atoms with Gasteiger partial charge in [-0.1, -0.05) is 6.42 Å². The Labute approximate surface area is 140 Å². The third-order valence-corrected chi connectivity index (χ3v) is 5.92. The van der Waals surface area contributed by atoms with Gasteiger partial charge in [0.05, 0.1) is 17.9 Å². The van der Waals surface area contributed by atoms with Gasteiger partial charge in [0.15, 0.2) is 0 Å². The number of hydrogen-bond acceptors (Lipinski definition) is 4. The van der Waals surface area contributed by atoms with Crippen molar-refractivity contribution in [2.24, 2.45) is 5.92 Å². The SMILES string of the molecule is CS(=O)(=O)N1CCc2cc(C(=O)N[C@@H]3CCC[C@@H]3C(=O)O)ccc21. The van der Waals surface area contributed by atoms with Crippen LogP contribution in [0, 0.1) is 5.92 Å². The van der Waals surface area contributed by atoms with Crippen LogP contribution in [0.25, 0.3) is 0 Å². The molecule has 1 aliphatic heterocycles. The van der Waals surface area contributed by atoms with Gasteiger partial charge in [-0.15, -0.1) is 0 Å². The Morgan fingerprint density at radius 1 is 1.29 bits per heavy atom. The van der Waals surface area contributed by atoms with E-state index in [0.717, 1.165) is 18.2 Å². The number of rotatable bonds is 4. The molecule has 1 heterocycles. The molecule has 1 fully saturated rings. The summed E-state index contributed by atoms with van der Waals surface area (Å²) in [4.78, 5) is 23.6. The number of carboxylic acid groups (broad SMARTS) is 1. The first-order valence-electron chi connectivity index (χ1n) is 7.91. The minimum atomic E-state index is -3.32. The van der Waals surface area contributed by atoms with E-state index in [-0.39, 0.29) is 11.9 Å². The zero-order chi connectivity index (χ0) is 17.5. The van der Waals surface area contributed by atoms with Gasteiger partial charge in [-0.25, -0.2) is 8.42 Å². The largest absolute Gasteiger partial charge is 0.481 e. The molecule has 7 nitrogen and oxygen atoms in total. The molecule has 1 saturated carbocycles. The lowest BCUT2D eigenvalue weighted by atomic mass is 10.0. The smallest absolute Gasteiger partial charge is 0.308 e. The minimum Gasteiger partial charge on any atom is -0.481 e. The third kappa shape index (κ3) is 3.10. The van der Waals surface area contributed by atoms with Crippen molar-refractivity contribution in [3.05, 3.63) is 29.3 Å². The van der Waals surface area contributed by atoms with Crippen molar-refractivity contribution in [1.82, 2.24) is 5.32 Å². The zero-order valence-electron chi connectivity index (χ0n) is 13.4. The molecule has 0 spiro atoms. The highest BCUT2D eigenvalue weighted by molar-refractivity contribution is 7.92. The molecule has 3 rings (SSSR count). The van der Waals surface area contributed by atoms with Crippen molar-refractivity contribution < 1.29 is 23.1 Å². The van der Waals surface area contributed by atoms with Crippen LogP contribution in [-0.4, -0.2) is 44.2 Å². The molecule has 8 heteroatoms. The topological polar surface area (TPSA) is 104 Å². The van der Waals surface area contributed by atoms with Crippen LogP contribution in [0.3, 0.4) is 0 Å². The van der Waals surface area contributed by atoms with E-state index in [1.165, 1.54) is 4.31 Å². The van der Waals surface area contributed by atoms with E-state index < -0.39 is 21.9 Å². The first-order chi connectivity index (χ1) is 11.3. The number of amides is 1. The summed E-state index contributed by atoms with van der Waals surface area (Å²) in [7, 11) is -3.32. The first kappa shape index (κ1) is 16.8. The van der Waals surface area contributed by atoms with E-state index >= 15 is 0 Å². The van der Waals surface area contributed by atoms with Crippen molar-refractivity contribution in [1.29, 1.82) is 0 Å². The van der Waals surface area contributed by atoms with Gasteiger partial charge in [-0.05, 0) is 43.0 Å². The lowest BCUT2D eigenvalue weighted by Crippen LogP contribution is -2.40. The minimum absolute atomic E-state index is 0.311. The van der Waals surface area contributed by atoms with Crippen LogP contribution in [0.15, 0.2) is 18.2 Å². The van der Waals surface area contributed by atoms with E-state index in [0.29, 0.717) is 37.1 Å². The molecule has 24 heavy (non-hydrogen) atoms. The molecule has 2 aliphatic rings. The van der Waals surface area contributed by atoms with E-state index in [1.807, 2.05) is 0 Å². The number of nitrogens with one attached hydrogen (secondary N) is 1. The second-order valence-electron chi connectivity index (χ2n) is 6.38. The van der Waals surface area contributed by atoms with Crippen LogP contribution >= 0.6 is 0 Å². The summed E-state index contributed by atoms with van der Waals surface area (Å²) in [6, 6.07) is 4.57. The quantitative estimate of drug-likeness (QED) is 0.841. The molecule has 0 unspecified atom stereocenters. The van der Waals surface area contributed by atoms with Crippen LogP contribution in [0.4, 0.5) is 5.69 Å². The van der Waals surface area contributed by atoms with Gasteiger partial charge < -0.3 is 10.4 Å². The summed E-state index contributed by atoms with van der Waals surface area (Å²) in [6.07, 6.45) is 3.75. The Morgan fingerprint density at radius 2 is 2.04 bits per heavy atom. The van der Waals surface area contributed by atoms with Crippen LogP contribution in [-0.2, 0) is 21.2 Å². The summed E-state index contributed by atoms with van der Waals surface area (Å²) in [5.41, 5.74) is 1.85. The summed E-state index contributed by atoms with van der Waals surface area (Å²) in [5, 5.41) is 12.0. The van der Waals surface area contributed by atoms with Crippen molar-refractivity contribution >= 4 is 27.6 Å². The normalized spacial score (nSPS) is 23.1. The predicted molar refractivity (Wildman–Crippen MR) is 88.6 cm³/mol. The number of benzene rings is 1. The number of carboxylic acids is 1. The highest BCUT2D eigenvalue weighted by Crippen LogP contribution is 2.31. The number of aliphatic carboxylic acids is 1. The molecule has 0 aromatic heterocycles. The number of sulfonamides is 1. The molecule has 1 aromatic carbocycles. The summed E-state index contributed by atoms with van der Waals surface area (Å²) in [5.74, 6) is -1.73. The fourth-order valence-electron chi connectivity index (χ4n) is 3.54. The Kier molecular flexibility index (Phi) is 4.25. The van der Waals surface area contributed by atoms with Gasteiger partial charge in [0.2, 0.25) is 10.0 Å². The van der Waals surface area contributed by atoms with E-state index in [1.54, 1.807) is 18.2 Å². The number of hydrogen-bond donors (Lipinski definition) is 2. The summed E-state index contributed by atoms with van der Waals surface area (Å²) < 4.78 is 24.8. The molecule has 1 aromatic rings. The van der Waals surface area contributed by atoms with E-state index in [4.69, 9.17) is 0 Å². The van der Waals surface area contributed by atoms with Crippen LogP contribution in [0.2, 0.25) is 0 Å². The molecule has 2 N–H and O–H groups in total. The Morgan fingerprint density at radius 3 is 2.71 bits per heavy atom. The lowest BCUT2D eigenvalue weighted by molar-refractivity contribution is -0.142. The van der Waals surface area contributed by atoms with Crippen LogP contribution < -0.4 is 9.62 Å². The van der Waals surface area contributed by atoms with Crippen molar-refractivity contribution in [2.45, 2.75) is 31.7 Å². The summed E-state index contributed by atoms with van der Waals surface area (Å²) >= 11 is 0. The predicted octanol–water partition coefficient (Wildman–Crippen LogP) is 0.992. The highest BCUT2D eigenvalue weighted by Gasteiger charge is 2.34. The van der Waals surface area contributed by atoms with Gasteiger partial charge in [-0.3, -0.25) is 13.9 Å². The molecule has 0 saturated heterocycles. The van der Waals surface area contributed by atoms with Crippen LogP contribution in [0.1, 0.15) is 35.2 Å². The average Bonchev–Trinajstić information content (AvgIpc) is 3.11. The van der Waals surface area contributed by atoms with Gasteiger partial charge in [0, 0.05) is 18.2 Å². The first-order valence-corrected chi connectivity index (χ1v) is 9.76. The fraction of sp³-hybridized carbons (Fsp3) is 0.500. The standard InChI is InChI=1S/C16H20N2O5S/c1-24(22,23)18-8-7-10-9-11(5-6-14(10)18)15(19)17-13-4-2-3-12(13)16(20)21/h5-6,9,12-13H,2-4,7-8H2,1H3,(H,17,19)(H,20,21)/t12-,13+/m0/s1. The number of carbonyl (C=O) groups excluding carboxylic acids is 1. The molecule has 0 radical (unpaired) electrons. The number of anilines is 1. The van der Waals surface area contributed by atoms with Gasteiger partial charge in [0.25, 0.3) is 5.91 Å². The van der Waals surface area contributed by atoms with Gasteiger partial charge >= 0.3 is 5.97 Å². The Hall–Kier alpha value is -2.09. The highest BCUT2D eigenvalue weighted by atomic mass is 32.2. The average molecular weight is 352 g/mol. The monoisotopic (exact) mass is 352 g/mol. The molecule has 2 atom stereocenters. The second-order valence-corrected chi connectivity index (χ2v) is 8.29. The molecule has 1 amide bonds. The molecule has 0 bridgehead atoms. The van der Waals surface area contributed by atoms with Crippen molar-refractivity contribution in [2.75, 3.05) is 17.1 Å². The Bertz CT molecular complexity index is 790. The van der Waals surface area contributed by atoms with Gasteiger partial charge in [-0.2, -0.15) is 0 Å². The summed E-state index contributed by atoms with van der Waals surface area (Å²) in [6.45, 7) is 0.378. The van der Waals surface area contributed by atoms with Crippen molar-refractivity contribution in [3.63, 3.8) is 0 Å². The van der Waals surface area contributed by atoms with E-state index in [9.17, 15) is 23.1 Å². The fourth-order valence-corrected chi connectivity index (χ4v) is 4.50. The van der Waals surface area contributed by atoms with Crippen molar-refractivity contribution in [3.8, 4) is 0 Å². The maximum atomic E-state index is 12.4. The number of carbonyl (C=O) groups is 2. The maximum Gasteiger partial charge on any atom is 0.308 e. The molecular weight excluding hydrogens is 332 g/mol. The molecule has 1 aliphatic carbocycles. The van der Waals surface area contributed by atoms with E-state index in [2.05, 4.69) is 5.32 Å². The number of fused-ring (bicyclic) bond motifs is 1. The second kappa shape index (κ2) is 6.08. The number of nitrogens with zero attached hydrogens (tertiary/aromatic N) is 1. The molecule has 130 valence electrons. The van der Waals surface area contributed by atoms with Gasteiger partial charge in [0.1, 0.15) is 0 Å². The maximum absolute atomic E-state index is 12.4. The van der Waals surface area contributed by atoms with Crippen LogP contribution in [0.5, 0.6) is 0 Å². The lowest BCUT2D eigenvalue weighted by Gasteiger charge is -2.18. The third-order valence-electron chi connectivity index (χ3n) is 4.74.